The van der Waals surface area contributed by atoms with Gasteiger partial charge in [0.15, 0.2) is 0 Å². The van der Waals surface area contributed by atoms with Crippen LogP contribution in [0.1, 0.15) is 11.3 Å². The van der Waals surface area contributed by atoms with Crippen LogP contribution >= 0.6 is 11.6 Å². The molecule has 1 atom stereocenters. The van der Waals surface area contributed by atoms with Gasteiger partial charge in [-0.1, -0.05) is 23.7 Å². The smallest absolute Gasteiger partial charge is 0.104 e. The molecule has 2 nitrogen and oxygen atoms in total. The Morgan fingerprint density at radius 3 is 2.71 bits per heavy atom. The zero-order valence-electron chi connectivity index (χ0n) is 9.47. The molecular weight excluding hydrogens is 236 g/mol. The molecule has 0 fully saturated rings. The minimum absolute atomic E-state index is 0.146. The fraction of sp³-hybridized carbons (Fsp3) is 0.286. The zero-order chi connectivity index (χ0) is 12.1. The molecule has 1 aromatic heterocycles. The van der Waals surface area contributed by atoms with Gasteiger partial charge in [0.2, 0.25) is 0 Å². The molecule has 0 aliphatic carbocycles. The lowest BCUT2D eigenvalue weighted by Gasteiger charge is -2.12. The number of hydrogen-bond acceptors (Lipinski definition) is 2. The highest BCUT2D eigenvalue weighted by atomic mass is 35.5. The molecule has 0 aliphatic heterocycles. The first-order valence-corrected chi connectivity index (χ1v) is 6.03. The van der Waals surface area contributed by atoms with Gasteiger partial charge in [-0.25, -0.2) is 0 Å². The number of aliphatic hydroxyl groups is 1. The Hall–Kier alpha value is -1.25. The summed E-state index contributed by atoms with van der Waals surface area (Å²) in [5, 5.41) is 10.1. The molecule has 2 aromatic rings. The summed E-state index contributed by atoms with van der Waals surface area (Å²) in [4.78, 5) is 0. The Balaban J connectivity index is 2.00. The van der Waals surface area contributed by atoms with E-state index in [2.05, 4.69) is 0 Å². The third-order valence-corrected chi connectivity index (χ3v) is 2.98. The van der Waals surface area contributed by atoms with Crippen LogP contribution in [0.25, 0.3) is 0 Å². The molecule has 0 bridgehead atoms. The lowest BCUT2D eigenvalue weighted by Crippen LogP contribution is -2.12. The van der Waals surface area contributed by atoms with E-state index < -0.39 is 0 Å². The summed E-state index contributed by atoms with van der Waals surface area (Å²) in [6.07, 6.45) is 3.21. The average Bonchev–Trinajstić information content (AvgIpc) is 2.81. The van der Waals surface area contributed by atoms with Crippen LogP contribution in [-0.2, 0) is 12.8 Å². The lowest BCUT2D eigenvalue weighted by atomic mass is 9.96. The highest BCUT2D eigenvalue weighted by Crippen LogP contribution is 2.17. The van der Waals surface area contributed by atoms with Crippen LogP contribution in [0.5, 0.6) is 0 Å². The van der Waals surface area contributed by atoms with Crippen molar-refractivity contribution in [3.05, 3.63) is 59.0 Å². The number of rotatable bonds is 5. The average molecular weight is 251 g/mol. The quantitative estimate of drug-likeness (QED) is 0.883. The highest BCUT2D eigenvalue weighted by molar-refractivity contribution is 6.30. The molecular formula is C14H15ClO2. The standard InChI is InChI=1S/C14H15ClO2/c15-13-4-1-3-11(8-13)7-12(10-16)9-14-5-2-6-17-14/h1-6,8,12,16H,7,9-10H2. The molecule has 0 spiro atoms. The van der Waals surface area contributed by atoms with Crippen molar-refractivity contribution in [3.63, 3.8) is 0 Å². The van der Waals surface area contributed by atoms with E-state index in [1.807, 2.05) is 36.4 Å². The van der Waals surface area contributed by atoms with Crippen molar-refractivity contribution in [2.24, 2.45) is 5.92 Å². The van der Waals surface area contributed by atoms with Gasteiger partial charge >= 0.3 is 0 Å². The van der Waals surface area contributed by atoms with Crippen molar-refractivity contribution < 1.29 is 9.52 Å². The maximum absolute atomic E-state index is 9.38. The van der Waals surface area contributed by atoms with Crippen LogP contribution in [0.4, 0.5) is 0 Å². The van der Waals surface area contributed by atoms with Gasteiger partial charge in [0, 0.05) is 18.1 Å². The Kier molecular flexibility index (Phi) is 4.24. The normalized spacial score (nSPS) is 12.6. The summed E-state index contributed by atoms with van der Waals surface area (Å²) in [6, 6.07) is 11.5. The molecule has 0 amide bonds. The molecule has 1 aromatic carbocycles. The monoisotopic (exact) mass is 250 g/mol. The van der Waals surface area contributed by atoms with Crippen molar-refractivity contribution >= 4 is 11.6 Å². The summed E-state index contributed by atoms with van der Waals surface area (Å²) < 4.78 is 5.29. The summed E-state index contributed by atoms with van der Waals surface area (Å²) in [5.74, 6) is 1.07. The number of benzene rings is 1. The van der Waals surface area contributed by atoms with E-state index in [1.165, 1.54) is 0 Å². The van der Waals surface area contributed by atoms with E-state index in [-0.39, 0.29) is 12.5 Å². The third kappa shape index (κ3) is 3.62. The second-order valence-electron chi connectivity index (χ2n) is 4.17. The number of aliphatic hydroxyl groups excluding tert-OH is 1. The summed E-state index contributed by atoms with van der Waals surface area (Å²) in [7, 11) is 0. The second kappa shape index (κ2) is 5.89. The first-order chi connectivity index (χ1) is 8.28. The molecule has 1 unspecified atom stereocenters. The molecule has 0 saturated carbocycles. The molecule has 17 heavy (non-hydrogen) atoms. The van der Waals surface area contributed by atoms with Crippen molar-refractivity contribution in [3.8, 4) is 0 Å². The largest absolute Gasteiger partial charge is 0.469 e. The van der Waals surface area contributed by atoms with E-state index in [0.717, 1.165) is 29.2 Å². The van der Waals surface area contributed by atoms with Crippen molar-refractivity contribution in [2.45, 2.75) is 12.8 Å². The number of hydrogen-bond donors (Lipinski definition) is 1. The van der Waals surface area contributed by atoms with Gasteiger partial charge in [0.25, 0.3) is 0 Å². The van der Waals surface area contributed by atoms with Gasteiger partial charge in [-0.05, 0) is 42.2 Å². The van der Waals surface area contributed by atoms with Crippen LogP contribution in [0.15, 0.2) is 47.1 Å². The van der Waals surface area contributed by atoms with Crippen LogP contribution in [0, 0.1) is 5.92 Å². The Morgan fingerprint density at radius 1 is 1.18 bits per heavy atom. The van der Waals surface area contributed by atoms with E-state index in [9.17, 15) is 5.11 Å². The summed E-state index contributed by atoms with van der Waals surface area (Å²) >= 11 is 5.93. The van der Waals surface area contributed by atoms with E-state index in [1.54, 1.807) is 6.26 Å². The minimum Gasteiger partial charge on any atom is -0.469 e. The topological polar surface area (TPSA) is 33.4 Å². The van der Waals surface area contributed by atoms with Crippen molar-refractivity contribution in [1.29, 1.82) is 0 Å². The maximum atomic E-state index is 9.38. The van der Waals surface area contributed by atoms with E-state index in [4.69, 9.17) is 16.0 Å². The molecule has 0 aliphatic rings. The molecule has 1 heterocycles. The lowest BCUT2D eigenvalue weighted by molar-refractivity contribution is 0.219. The first kappa shape index (κ1) is 12.2. The molecule has 3 heteroatoms. The van der Waals surface area contributed by atoms with Crippen LogP contribution in [-0.4, -0.2) is 11.7 Å². The van der Waals surface area contributed by atoms with Crippen LogP contribution in [0.3, 0.4) is 0 Å². The molecule has 2 rings (SSSR count). The van der Waals surface area contributed by atoms with Crippen molar-refractivity contribution in [1.82, 2.24) is 0 Å². The molecule has 1 N–H and O–H groups in total. The fourth-order valence-electron chi connectivity index (χ4n) is 1.91. The third-order valence-electron chi connectivity index (χ3n) is 2.74. The number of furan rings is 1. The maximum Gasteiger partial charge on any atom is 0.104 e. The Morgan fingerprint density at radius 2 is 2.06 bits per heavy atom. The fourth-order valence-corrected chi connectivity index (χ4v) is 2.12. The predicted octanol–water partition coefficient (Wildman–Crippen LogP) is 3.33. The molecule has 90 valence electrons. The van der Waals surface area contributed by atoms with Gasteiger partial charge in [0.05, 0.1) is 6.26 Å². The molecule has 0 saturated heterocycles. The van der Waals surface area contributed by atoms with E-state index in [0.29, 0.717) is 0 Å². The second-order valence-corrected chi connectivity index (χ2v) is 4.60. The van der Waals surface area contributed by atoms with E-state index >= 15 is 0 Å². The van der Waals surface area contributed by atoms with Crippen LogP contribution < -0.4 is 0 Å². The van der Waals surface area contributed by atoms with Gasteiger partial charge in [-0.2, -0.15) is 0 Å². The Bertz CT molecular complexity index is 451. The summed E-state index contributed by atoms with van der Waals surface area (Å²) in [5.41, 5.74) is 1.14. The number of halogens is 1. The van der Waals surface area contributed by atoms with Gasteiger partial charge < -0.3 is 9.52 Å². The SMILES string of the molecule is OCC(Cc1cccc(Cl)c1)Cc1ccco1. The zero-order valence-corrected chi connectivity index (χ0v) is 10.2. The van der Waals surface area contributed by atoms with Gasteiger partial charge in [-0.3, -0.25) is 0 Å². The minimum atomic E-state index is 0.146. The molecule has 0 radical (unpaired) electrons. The van der Waals surface area contributed by atoms with Crippen LogP contribution in [0.2, 0.25) is 5.02 Å². The first-order valence-electron chi connectivity index (χ1n) is 5.65. The Labute approximate surface area is 106 Å². The van der Waals surface area contributed by atoms with Gasteiger partial charge in [0.1, 0.15) is 5.76 Å². The van der Waals surface area contributed by atoms with Crippen molar-refractivity contribution in [2.75, 3.05) is 6.61 Å². The van der Waals surface area contributed by atoms with Gasteiger partial charge in [-0.15, -0.1) is 0 Å². The summed E-state index contributed by atoms with van der Waals surface area (Å²) in [6.45, 7) is 0.146. The predicted molar refractivity (Wildman–Crippen MR) is 68.1 cm³/mol. The highest BCUT2D eigenvalue weighted by Gasteiger charge is 2.11.